The van der Waals surface area contributed by atoms with Crippen LogP contribution in [0.4, 0.5) is 0 Å². The molecule has 4 rings (SSSR count). The molecule has 1 unspecified atom stereocenters. The Morgan fingerprint density at radius 1 is 0.935 bits per heavy atom. The molecule has 0 spiro atoms. The lowest BCUT2D eigenvalue weighted by Gasteiger charge is -2.16. The van der Waals surface area contributed by atoms with Crippen molar-refractivity contribution in [2.24, 2.45) is 0 Å². The first-order valence-corrected chi connectivity index (χ1v) is 12.0. The van der Waals surface area contributed by atoms with Gasteiger partial charge in [-0.05, 0) is 56.5 Å². The normalized spacial score (nSPS) is 12.7. The quantitative estimate of drug-likeness (QED) is 0.466. The van der Waals surface area contributed by atoms with Gasteiger partial charge in [0.05, 0.1) is 22.2 Å². The molecule has 6 nitrogen and oxygen atoms in total. The predicted molar refractivity (Wildman–Crippen MR) is 121 cm³/mol. The highest BCUT2D eigenvalue weighted by Gasteiger charge is 2.30. The third-order valence-electron chi connectivity index (χ3n) is 5.01. The zero-order chi connectivity index (χ0) is 22.2. The summed E-state index contributed by atoms with van der Waals surface area (Å²) < 4.78 is 35.9. The molecule has 2 aromatic heterocycles. The molecule has 0 saturated carbocycles. The predicted octanol–water partition coefficient (Wildman–Crippen LogP) is 4.49. The van der Waals surface area contributed by atoms with Crippen LogP contribution in [0.25, 0.3) is 5.69 Å². The zero-order valence-electron chi connectivity index (χ0n) is 17.3. The summed E-state index contributed by atoms with van der Waals surface area (Å²) in [5, 5.41) is 1.84. The molecule has 31 heavy (non-hydrogen) atoms. The average Bonchev–Trinajstić information content (AvgIpc) is 3.36. The van der Waals surface area contributed by atoms with Gasteiger partial charge in [-0.25, -0.2) is 8.42 Å². The number of hydrogen-bond donors (Lipinski definition) is 1. The van der Waals surface area contributed by atoms with Crippen LogP contribution >= 0.6 is 11.3 Å². The number of aryl methyl sites for hydroxylation is 3. The smallest absolute Gasteiger partial charge is 0.292 e. The molecule has 2 heterocycles. The second kappa shape index (κ2) is 8.30. The highest BCUT2D eigenvalue weighted by Crippen LogP contribution is 2.29. The molecule has 1 N–H and O–H groups in total. The van der Waals surface area contributed by atoms with Gasteiger partial charge < -0.3 is 4.52 Å². The Balaban J connectivity index is 1.80. The first-order valence-electron chi connectivity index (χ1n) is 9.68. The topological polar surface area (TPSA) is 81.3 Å². The fourth-order valence-electron chi connectivity index (χ4n) is 3.32. The first kappa shape index (κ1) is 21.3. The maximum absolute atomic E-state index is 13.3. The molecule has 2 aromatic carbocycles. The molecule has 0 radical (unpaired) electrons. The van der Waals surface area contributed by atoms with Gasteiger partial charge in [0.25, 0.3) is 5.56 Å². The van der Waals surface area contributed by atoms with E-state index < -0.39 is 21.6 Å². The van der Waals surface area contributed by atoms with E-state index in [0.29, 0.717) is 16.3 Å². The summed E-state index contributed by atoms with van der Waals surface area (Å²) in [4.78, 5) is 14.2. The van der Waals surface area contributed by atoms with Gasteiger partial charge in [0.2, 0.25) is 10.0 Å². The number of benzene rings is 2. The van der Waals surface area contributed by atoms with E-state index in [1.165, 1.54) is 16.1 Å². The van der Waals surface area contributed by atoms with E-state index in [4.69, 9.17) is 4.52 Å². The van der Waals surface area contributed by atoms with Crippen LogP contribution in [-0.2, 0) is 10.0 Å². The van der Waals surface area contributed by atoms with Gasteiger partial charge in [0, 0.05) is 4.88 Å². The number of sulfonamides is 1. The number of rotatable bonds is 6. The van der Waals surface area contributed by atoms with Crippen molar-refractivity contribution in [1.29, 1.82) is 0 Å². The molecule has 0 aliphatic rings. The van der Waals surface area contributed by atoms with Crippen molar-refractivity contribution in [2.45, 2.75) is 31.7 Å². The summed E-state index contributed by atoms with van der Waals surface area (Å²) >= 11 is 1.37. The van der Waals surface area contributed by atoms with E-state index >= 15 is 0 Å². The van der Waals surface area contributed by atoms with Crippen LogP contribution < -0.4 is 10.3 Å². The van der Waals surface area contributed by atoms with E-state index in [1.807, 2.05) is 37.4 Å². The number of hydrogen-bond acceptors (Lipinski definition) is 5. The standard InChI is InChI=1S/C23H22N2O4S2/c1-15-6-10-18(11-7-15)25-23(26)21(17(3)29-25)22(20-5-4-14-30-20)24-31(27,28)19-12-8-16(2)9-13-19/h4-14,22,24H,1-3H3. The fourth-order valence-corrected chi connectivity index (χ4v) is 5.36. The van der Waals surface area contributed by atoms with Crippen LogP contribution in [-0.4, -0.2) is 13.2 Å². The molecule has 0 fully saturated rings. The zero-order valence-corrected chi connectivity index (χ0v) is 19.0. The molecule has 0 aliphatic heterocycles. The van der Waals surface area contributed by atoms with Crippen LogP contribution in [0.15, 0.2) is 80.3 Å². The summed E-state index contributed by atoms with van der Waals surface area (Å²) in [7, 11) is -3.88. The van der Waals surface area contributed by atoms with Crippen molar-refractivity contribution >= 4 is 21.4 Å². The second-order valence-electron chi connectivity index (χ2n) is 7.38. The molecule has 0 aliphatic carbocycles. The Bertz CT molecular complexity index is 1350. The summed E-state index contributed by atoms with van der Waals surface area (Å²) in [6, 6.07) is 16.7. The lowest BCUT2D eigenvalue weighted by Crippen LogP contribution is -2.32. The van der Waals surface area contributed by atoms with E-state index in [2.05, 4.69) is 4.72 Å². The molecule has 8 heteroatoms. The van der Waals surface area contributed by atoms with Crippen molar-refractivity contribution < 1.29 is 12.9 Å². The minimum atomic E-state index is -3.88. The summed E-state index contributed by atoms with van der Waals surface area (Å²) in [6.07, 6.45) is 0. The fraction of sp³-hybridized carbons (Fsp3) is 0.174. The Hall–Kier alpha value is -2.94. The second-order valence-corrected chi connectivity index (χ2v) is 10.1. The highest BCUT2D eigenvalue weighted by atomic mass is 32.2. The number of nitrogens with one attached hydrogen (secondary N) is 1. The monoisotopic (exact) mass is 454 g/mol. The third-order valence-corrected chi connectivity index (χ3v) is 7.39. The van der Waals surface area contributed by atoms with Crippen molar-refractivity contribution in [3.63, 3.8) is 0 Å². The molecular weight excluding hydrogens is 432 g/mol. The van der Waals surface area contributed by atoms with E-state index in [-0.39, 0.29) is 10.5 Å². The summed E-state index contributed by atoms with van der Waals surface area (Å²) in [5.41, 5.74) is 2.46. The Labute approximate surface area is 184 Å². The molecular formula is C23H22N2O4S2. The summed E-state index contributed by atoms with van der Waals surface area (Å²) in [5.74, 6) is 0.357. The van der Waals surface area contributed by atoms with Gasteiger partial charge in [-0.15, -0.1) is 16.1 Å². The van der Waals surface area contributed by atoms with Crippen LogP contribution in [0, 0.1) is 20.8 Å². The Morgan fingerprint density at radius 3 is 2.13 bits per heavy atom. The van der Waals surface area contributed by atoms with Crippen molar-refractivity contribution in [3.05, 3.63) is 104 Å². The maximum Gasteiger partial charge on any atom is 0.292 e. The Morgan fingerprint density at radius 2 is 1.55 bits per heavy atom. The molecule has 0 amide bonds. The molecule has 160 valence electrons. The van der Waals surface area contributed by atoms with E-state index in [1.54, 1.807) is 49.4 Å². The van der Waals surface area contributed by atoms with Crippen molar-refractivity contribution in [2.75, 3.05) is 0 Å². The van der Waals surface area contributed by atoms with Gasteiger partial charge in [-0.3, -0.25) is 4.79 Å². The van der Waals surface area contributed by atoms with Crippen LogP contribution in [0.3, 0.4) is 0 Å². The number of thiophene rings is 1. The lowest BCUT2D eigenvalue weighted by atomic mass is 10.1. The highest BCUT2D eigenvalue weighted by molar-refractivity contribution is 7.89. The van der Waals surface area contributed by atoms with Gasteiger partial charge >= 0.3 is 0 Å². The molecule has 0 saturated heterocycles. The molecule has 0 bridgehead atoms. The van der Waals surface area contributed by atoms with Crippen molar-refractivity contribution in [1.82, 2.24) is 9.46 Å². The lowest BCUT2D eigenvalue weighted by molar-refractivity contribution is 0.321. The Kier molecular flexibility index (Phi) is 5.70. The third kappa shape index (κ3) is 4.27. The van der Waals surface area contributed by atoms with Crippen LogP contribution in [0.1, 0.15) is 33.4 Å². The van der Waals surface area contributed by atoms with Crippen LogP contribution in [0.5, 0.6) is 0 Å². The maximum atomic E-state index is 13.3. The molecule has 1 atom stereocenters. The number of nitrogens with zero attached hydrogens (tertiary/aromatic N) is 1. The van der Waals surface area contributed by atoms with Gasteiger partial charge in [-0.2, -0.15) is 4.72 Å². The SMILES string of the molecule is Cc1ccc(-n2oc(C)c(C(NS(=O)(=O)c3ccc(C)cc3)c3cccs3)c2=O)cc1. The minimum absolute atomic E-state index is 0.139. The van der Waals surface area contributed by atoms with Crippen LogP contribution in [0.2, 0.25) is 0 Å². The van der Waals surface area contributed by atoms with Gasteiger partial charge in [-0.1, -0.05) is 41.5 Å². The van der Waals surface area contributed by atoms with Gasteiger partial charge in [0.1, 0.15) is 5.76 Å². The largest absolute Gasteiger partial charge is 0.376 e. The minimum Gasteiger partial charge on any atom is -0.376 e. The molecule has 4 aromatic rings. The van der Waals surface area contributed by atoms with E-state index in [9.17, 15) is 13.2 Å². The number of aromatic nitrogens is 1. The first-order chi connectivity index (χ1) is 14.8. The van der Waals surface area contributed by atoms with E-state index in [0.717, 1.165) is 11.1 Å². The average molecular weight is 455 g/mol. The van der Waals surface area contributed by atoms with Crippen molar-refractivity contribution in [3.8, 4) is 5.69 Å². The summed E-state index contributed by atoms with van der Waals surface area (Å²) in [6.45, 7) is 5.51. The van der Waals surface area contributed by atoms with Gasteiger partial charge in [0.15, 0.2) is 0 Å².